The van der Waals surface area contributed by atoms with Gasteiger partial charge in [0.05, 0.1) is 30.6 Å². The number of aliphatic hydroxyl groups is 1. The summed E-state index contributed by atoms with van der Waals surface area (Å²) in [6.45, 7) is 2.41. The molecule has 10 nitrogen and oxygen atoms in total. The summed E-state index contributed by atoms with van der Waals surface area (Å²) in [5.74, 6) is -3.25. The van der Waals surface area contributed by atoms with E-state index < -0.39 is 41.5 Å². The Hall–Kier alpha value is -3.50. The Kier molecular flexibility index (Phi) is 8.37. The van der Waals surface area contributed by atoms with Crippen molar-refractivity contribution >= 4 is 23.7 Å². The van der Waals surface area contributed by atoms with E-state index in [1.807, 2.05) is 49.4 Å². The number of amides is 3. The Bertz CT molecular complexity index is 1190. The Morgan fingerprint density at radius 1 is 1.07 bits per heavy atom. The second-order valence-electron chi connectivity index (χ2n) is 10.8. The van der Waals surface area contributed by atoms with E-state index in [1.54, 1.807) is 17.1 Å². The average molecular weight is 552 g/mol. The minimum absolute atomic E-state index is 0.0380. The van der Waals surface area contributed by atoms with Crippen molar-refractivity contribution in [3.8, 4) is 0 Å². The lowest BCUT2D eigenvalue weighted by molar-refractivity contribution is -0.148. The highest BCUT2D eigenvalue weighted by atomic mass is 16.5. The maximum absolute atomic E-state index is 14.2. The number of aliphatic hydroxyl groups excluding tert-OH is 1. The number of hydrogen-bond donors (Lipinski definition) is 2. The lowest BCUT2D eigenvalue weighted by atomic mass is 9.74. The van der Waals surface area contributed by atoms with E-state index in [0.29, 0.717) is 19.5 Å². The molecule has 0 saturated carbocycles. The second-order valence-corrected chi connectivity index (χ2v) is 10.8. The number of β-amino-alcohol motifs (C(OH)–C–C–N with tert-alkyl or cyclic N) is 1. The van der Waals surface area contributed by atoms with Crippen LogP contribution in [0.1, 0.15) is 44.2 Å². The van der Waals surface area contributed by atoms with Gasteiger partial charge in [0.25, 0.3) is 0 Å². The van der Waals surface area contributed by atoms with Gasteiger partial charge >= 0.3 is 5.97 Å². The van der Waals surface area contributed by atoms with Crippen LogP contribution in [0.4, 0.5) is 0 Å². The zero-order valence-electron chi connectivity index (χ0n) is 22.7. The van der Waals surface area contributed by atoms with Crippen LogP contribution in [0.5, 0.6) is 0 Å². The van der Waals surface area contributed by atoms with E-state index in [1.165, 1.54) is 4.90 Å². The summed E-state index contributed by atoms with van der Waals surface area (Å²) < 4.78 is 11.9. The largest absolute Gasteiger partial charge is 0.463 e. The first kappa shape index (κ1) is 28.0. The lowest BCUT2D eigenvalue weighted by Crippen LogP contribution is -2.56. The molecule has 4 heterocycles. The molecule has 214 valence electrons. The molecular weight excluding hydrogens is 514 g/mol. The first-order valence-electron chi connectivity index (χ1n) is 14.1. The Labute approximate surface area is 234 Å². The molecule has 0 aromatic heterocycles. The first-order valence-corrected chi connectivity index (χ1v) is 14.1. The smallest absolute Gasteiger partial charge is 0.306 e. The van der Waals surface area contributed by atoms with Gasteiger partial charge in [-0.15, -0.1) is 0 Å². The fourth-order valence-corrected chi connectivity index (χ4v) is 6.35. The van der Waals surface area contributed by atoms with Crippen molar-refractivity contribution in [1.29, 1.82) is 0 Å². The number of fused-ring (bicyclic) bond motifs is 2. The molecule has 40 heavy (non-hydrogen) atoms. The molecule has 1 spiro atoms. The number of ether oxygens (including phenoxy) is 2. The number of carbonyl (C=O) groups excluding carboxylic acids is 4. The molecule has 6 atom stereocenters. The zero-order valence-corrected chi connectivity index (χ0v) is 22.7. The fourth-order valence-electron chi connectivity index (χ4n) is 6.35. The maximum atomic E-state index is 14.2. The summed E-state index contributed by atoms with van der Waals surface area (Å²) in [4.78, 5) is 57.5. The van der Waals surface area contributed by atoms with Gasteiger partial charge in [0, 0.05) is 26.1 Å². The van der Waals surface area contributed by atoms with E-state index in [9.17, 15) is 24.3 Å². The van der Waals surface area contributed by atoms with Gasteiger partial charge in [-0.2, -0.15) is 0 Å². The van der Waals surface area contributed by atoms with Crippen molar-refractivity contribution in [1.82, 2.24) is 15.1 Å². The topological polar surface area (TPSA) is 125 Å². The van der Waals surface area contributed by atoms with Crippen LogP contribution in [0.25, 0.3) is 0 Å². The third-order valence-electron chi connectivity index (χ3n) is 8.28. The van der Waals surface area contributed by atoms with Crippen LogP contribution >= 0.6 is 0 Å². The number of rotatable bonds is 6. The Morgan fingerprint density at radius 2 is 1.88 bits per heavy atom. The van der Waals surface area contributed by atoms with Crippen LogP contribution in [0, 0.1) is 11.8 Å². The molecule has 2 fully saturated rings. The minimum atomic E-state index is -1.30. The monoisotopic (exact) mass is 551 g/mol. The third-order valence-corrected chi connectivity index (χ3v) is 8.28. The molecule has 0 aliphatic carbocycles. The molecule has 1 aromatic carbocycles. The molecular formula is C30H37N3O7. The van der Waals surface area contributed by atoms with Crippen molar-refractivity contribution < 1.29 is 33.8 Å². The minimum Gasteiger partial charge on any atom is -0.463 e. The van der Waals surface area contributed by atoms with Gasteiger partial charge < -0.3 is 29.7 Å². The SMILES string of the molecule is CCCCN1C/C=C\CCC(=O)OC[C@H](c2ccccc2)NC(=O)[C@@H]2[C@H]3C(=O)N(CCO)[C@H](C1=O)[C@]31C=C[C@H]2O1. The van der Waals surface area contributed by atoms with Crippen molar-refractivity contribution in [2.24, 2.45) is 11.8 Å². The number of nitrogens with one attached hydrogen (secondary N) is 1. The number of carbonyl (C=O) groups is 4. The van der Waals surface area contributed by atoms with Gasteiger partial charge in [-0.05, 0) is 18.4 Å². The standard InChI is InChI=1S/C30H37N3O7/c1-2-3-15-32-16-9-5-8-12-23(35)39-19-21(20-10-6-4-7-11-20)31-27(36)24-22-13-14-30(40-22)25(24)28(37)33(17-18-34)26(30)29(32)38/h4-7,9-11,13-14,21-22,24-26,34H,2-3,8,12,15-19H2,1H3,(H,31,36)/b9-5-/t21-,22-,24+,25+,26-,30+/m1/s1. The molecule has 10 heteroatoms. The third kappa shape index (κ3) is 5.06. The van der Waals surface area contributed by atoms with Gasteiger partial charge in [0.15, 0.2) is 0 Å². The van der Waals surface area contributed by atoms with Crippen LogP contribution in [0.15, 0.2) is 54.6 Å². The van der Waals surface area contributed by atoms with Crippen molar-refractivity contribution in [2.75, 3.05) is 32.8 Å². The predicted molar refractivity (Wildman–Crippen MR) is 144 cm³/mol. The molecule has 5 bridgehead atoms. The van der Waals surface area contributed by atoms with Crippen LogP contribution in [-0.4, -0.2) is 89.2 Å². The molecule has 1 aromatic rings. The number of likely N-dealkylation sites (tertiary alicyclic amines) is 1. The average Bonchev–Trinajstić information content (AvgIpc) is 3.60. The van der Waals surface area contributed by atoms with Crippen molar-refractivity contribution in [3.05, 3.63) is 60.2 Å². The zero-order chi connectivity index (χ0) is 28.3. The quantitative estimate of drug-likeness (QED) is 0.406. The maximum Gasteiger partial charge on any atom is 0.306 e. The highest BCUT2D eigenvalue weighted by Gasteiger charge is 2.73. The number of unbranched alkanes of at least 4 members (excludes halogenated alkanes) is 1. The summed E-state index contributed by atoms with van der Waals surface area (Å²) in [6.07, 6.45) is 8.81. The van der Waals surface area contributed by atoms with E-state index >= 15 is 0 Å². The highest BCUT2D eigenvalue weighted by Crippen LogP contribution is 2.55. The summed E-state index contributed by atoms with van der Waals surface area (Å²) >= 11 is 0. The van der Waals surface area contributed by atoms with Crippen LogP contribution < -0.4 is 5.32 Å². The van der Waals surface area contributed by atoms with Crippen molar-refractivity contribution in [2.45, 2.75) is 56.4 Å². The van der Waals surface area contributed by atoms with Crippen LogP contribution in [0.3, 0.4) is 0 Å². The fraction of sp³-hybridized carbons (Fsp3) is 0.533. The number of cyclic esters (lactones) is 1. The molecule has 2 N–H and O–H groups in total. The second kappa shape index (κ2) is 11.9. The molecule has 0 unspecified atom stereocenters. The van der Waals surface area contributed by atoms with Gasteiger partial charge in [0.2, 0.25) is 17.7 Å². The number of esters is 1. The number of hydrogen-bond acceptors (Lipinski definition) is 7. The summed E-state index contributed by atoms with van der Waals surface area (Å²) in [5.41, 5.74) is -0.539. The molecule has 2 saturated heterocycles. The highest BCUT2D eigenvalue weighted by molar-refractivity contribution is 6.00. The number of nitrogens with zero attached hydrogens (tertiary/aromatic N) is 2. The van der Waals surface area contributed by atoms with Crippen LogP contribution in [-0.2, 0) is 28.7 Å². The predicted octanol–water partition coefficient (Wildman–Crippen LogP) is 1.51. The first-order chi connectivity index (χ1) is 19.4. The molecule has 0 radical (unpaired) electrons. The van der Waals surface area contributed by atoms with Crippen molar-refractivity contribution in [3.63, 3.8) is 0 Å². The van der Waals surface area contributed by atoms with Gasteiger partial charge in [0.1, 0.15) is 18.2 Å². The van der Waals surface area contributed by atoms with Gasteiger partial charge in [-0.3, -0.25) is 19.2 Å². The summed E-state index contributed by atoms with van der Waals surface area (Å²) in [5, 5.41) is 12.8. The van der Waals surface area contributed by atoms with E-state index in [0.717, 1.165) is 18.4 Å². The summed E-state index contributed by atoms with van der Waals surface area (Å²) in [6, 6.07) is 7.58. The lowest BCUT2D eigenvalue weighted by Gasteiger charge is -2.35. The Balaban J connectivity index is 1.53. The molecule has 4 aliphatic heterocycles. The number of allylic oxidation sites excluding steroid dienone is 1. The molecule has 4 aliphatic rings. The normalized spacial score (nSPS) is 33.2. The Morgan fingerprint density at radius 3 is 2.62 bits per heavy atom. The molecule has 5 rings (SSSR count). The van der Waals surface area contributed by atoms with Gasteiger partial charge in [-0.25, -0.2) is 0 Å². The summed E-state index contributed by atoms with van der Waals surface area (Å²) in [7, 11) is 0. The van der Waals surface area contributed by atoms with E-state index in [4.69, 9.17) is 9.47 Å². The number of benzene rings is 1. The van der Waals surface area contributed by atoms with E-state index in [-0.39, 0.29) is 44.0 Å². The van der Waals surface area contributed by atoms with Crippen LogP contribution in [0.2, 0.25) is 0 Å². The molecule has 3 amide bonds. The van der Waals surface area contributed by atoms with Gasteiger partial charge in [-0.1, -0.05) is 68.0 Å². The van der Waals surface area contributed by atoms with E-state index in [2.05, 4.69) is 5.32 Å².